The van der Waals surface area contributed by atoms with Gasteiger partial charge in [-0.25, -0.2) is 0 Å². The van der Waals surface area contributed by atoms with Gasteiger partial charge in [0.05, 0.1) is 12.7 Å². The first kappa shape index (κ1) is 16.6. The Labute approximate surface area is 146 Å². The number of carbonyl (C=O) groups excluding carboxylic acids is 1. The Hall–Kier alpha value is -0.870. The summed E-state index contributed by atoms with van der Waals surface area (Å²) in [4.78, 5) is 14.7. The predicted molar refractivity (Wildman–Crippen MR) is 94.6 cm³/mol. The molecule has 1 atom stereocenters. The van der Waals surface area contributed by atoms with Gasteiger partial charge in [-0.2, -0.15) is 0 Å². The maximum absolute atomic E-state index is 12.4. The quantitative estimate of drug-likeness (QED) is 0.805. The molecule has 4 aliphatic carbocycles. The third kappa shape index (κ3) is 3.28. The van der Waals surface area contributed by atoms with Crippen molar-refractivity contribution < 1.29 is 9.53 Å². The van der Waals surface area contributed by atoms with Crippen molar-refractivity contribution >= 4 is 5.91 Å². The van der Waals surface area contributed by atoms with Crippen LogP contribution in [0.5, 0.6) is 0 Å². The molecular weight excluding hydrogens is 300 g/mol. The third-order valence-corrected chi connectivity index (χ3v) is 7.07. The number of ether oxygens (including phenoxy) is 1. The van der Waals surface area contributed by atoms with Gasteiger partial charge in [0.25, 0.3) is 0 Å². The predicted octanol–water partition coefficient (Wildman–Crippen LogP) is 2.60. The number of hydrogen-bond donors (Lipinski definition) is 1. The fourth-order valence-corrected chi connectivity index (χ4v) is 6.20. The van der Waals surface area contributed by atoms with Crippen LogP contribution in [0.2, 0.25) is 0 Å². The van der Waals surface area contributed by atoms with Crippen LogP contribution in [-0.4, -0.2) is 50.2 Å². The number of likely N-dealkylation sites (N-methyl/N-ethyl adjacent to an activating group) is 1. The first-order valence-corrected chi connectivity index (χ1v) is 9.79. The van der Waals surface area contributed by atoms with Crippen molar-refractivity contribution in [2.24, 2.45) is 23.2 Å². The lowest BCUT2D eigenvalue weighted by atomic mass is 9.48. The molecule has 1 N–H and O–H groups in total. The molecule has 0 aromatic rings. The minimum Gasteiger partial charge on any atom is -0.374 e. The summed E-state index contributed by atoms with van der Waals surface area (Å²) in [6.45, 7) is 5.47. The highest BCUT2D eigenvalue weighted by Gasteiger charge is 2.51. The van der Waals surface area contributed by atoms with Crippen LogP contribution in [0, 0.1) is 23.2 Å². The van der Waals surface area contributed by atoms with E-state index in [0.29, 0.717) is 12.0 Å². The molecule has 0 aromatic heterocycles. The van der Waals surface area contributed by atoms with Crippen LogP contribution in [0.15, 0.2) is 11.6 Å². The minimum absolute atomic E-state index is 0.0695. The molecule has 5 fully saturated rings. The van der Waals surface area contributed by atoms with Gasteiger partial charge in [-0.1, -0.05) is 5.57 Å². The standard InChI is InChI=1S/C20H32N2O2/c1-14(5-19(23)21-12-18-13-22(2)3-4-24-18)20-9-15-6-16(10-20)8-17(7-15)11-20/h5,15-18H,3-4,6-13H2,1-2H3,(H,21,23)/b14-5+/t15?,16?,17?,18-,20?/m1/s1. The second-order valence-corrected chi connectivity index (χ2v) is 9.03. The monoisotopic (exact) mass is 332 g/mol. The summed E-state index contributed by atoms with van der Waals surface area (Å²) in [7, 11) is 2.11. The second kappa shape index (κ2) is 6.45. The Morgan fingerprint density at radius 3 is 2.42 bits per heavy atom. The largest absolute Gasteiger partial charge is 0.374 e. The molecule has 5 rings (SSSR count). The van der Waals surface area contributed by atoms with Gasteiger partial charge in [0.1, 0.15) is 0 Å². The third-order valence-electron chi connectivity index (χ3n) is 7.07. The van der Waals surface area contributed by atoms with Gasteiger partial charge in [0.2, 0.25) is 5.91 Å². The summed E-state index contributed by atoms with van der Waals surface area (Å²) in [6, 6.07) is 0. The molecule has 0 spiro atoms. The lowest BCUT2D eigenvalue weighted by Crippen LogP contribution is -2.47. The molecule has 24 heavy (non-hydrogen) atoms. The molecule has 1 amide bonds. The summed E-state index contributed by atoms with van der Waals surface area (Å²) in [6.07, 6.45) is 10.4. The number of nitrogens with one attached hydrogen (secondary N) is 1. The van der Waals surface area contributed by atoms with E-state index in [2.05, 4.69) is 24.2 Å². The first-order chi connectivity index (χ1) is 11.5. The lowest BCUT2D eigenvalue weighted by Gasteiger charge is -2.57. The van der Waals surface area contributed by atoms with Crippen LogP contribution in [0.25, 0.3) is 0 Å². The molecule has 4 heteroatoms. The Bertz CT molecular complexity index is 492. The Morgan fingerprint density at radius 1 is 1.21 bits per heavy atom. The van der Waals surface area contributed by atoms with Crippen LogP contribution < -0.4 is 5.32 Å². The van der Waals surface area contributed by atoms with Crippen molar-refractivity contribution in [3.63, 3.8) is 0 Å². The maximum atomic E-state index is 12.4. The highest BCUT2D eigenvalue weighted by Crippen LogP contribution is 2.62. The van der Waals surface area contributed by atoms with E-state index in [9.17, 15) is 4.79 Å². The van der Waals surface area contributed by atoms with E-state index >= 15 is 0 Å². The van der Waals surface area contributed by atoms with E-state index in [4.69, 9.17) is 4.74 Å². The van der Waals surface area contributed by atoms with Crippen LogP contribution in [0.1, 0.15) is 45.4 Å². The average Bonchev–Trinajstić information content (AvgIpc) is 2.52. The molecule has 4 saturated carbocycles. The van der Waals surface area contributed by atoms with Crippen molar-refractivity contribution in [3.8, 4) is 0 Å². The molecule has 1 saturated heterocycles. The fraction of sp³-hybridized carbons (Fsp3) is 0.850. The summed E-state index contributed by atoms with van der Waals surface area (Å²) in [5, 5.41) is 3.07. The normalized spacial score (nSPS) is 42.3. The number of nitrogens with zero attached hydrogens (tertiary/aromatic N) is 1. The SMILES string of the molecule is C/C(=C\C(=O)NC[C@@H]1CN(C)CCO1)C12CC3CC(CC(C3)C1)C2. The molecule has 134 valence electrons. The first-order valence-electron chi connectivity index (χ1n) is 9.79. The van der Waals surface area contributed by atoms with Crippen molar-refractivity contribution in [2.75, 3.05) is 33.3 Å². The van der Waals surface area contributed by atoms with Gasteiger partial charge < -0.3 is 15.0 Å². The van der Waals surface area contributed by atoms with E-state index in [1.54, 1.807) is 0 Å². The zero-order valence-electron chi connectivity index (χ0n) is 15.2. The van der Waals surface area contributed by atoms with Gasteiger partial charge in [0.15, 0.2) is 0 Å². The number of hydrogen-bond acceptors (Lipinski definition) is 3. The molecule has 0 radical (unpaired) electrons. The Morgan fingerprint density at radius 2 is 1.83 bits per heavy atom. The average molecular weight is 332 g/mol. The van der Waals surface area contributed by atoms with Crippen molar-refractivity contribution in [2.45, 2.75) is 51.6 Å². The Balaban J connectivity index is 1.35. The van der Waals surface area contributed by atoms with E-state index < -0.39 is 0 Å². The topological polar surface area (TPSA) is 41.6 Å². The molecule has 0 aromatic carbocycles. The smallest absolute Gasteiger partial charge is 0.244 e. The summed E-state index contributed by atoms with van der Waals surface area (Å²) in [5.41, 5.74) is 1.67. The molecule has 4 bridgehead atoms. The van der Waals surface area contributed by atoms with Gasteiger partial charge in [-0.05, 0) is 75.7 Å². The highest BCUT2D eigenvalue weighted by atomic mass is 16.5. The van der Waals surface area contributed by atoms with Crippen molar-refractivity contribution in [1.29, 1.82) is 0 Å². The van der Waals surface area contributed by atoms with Crippen LogP contribution >= 0.6 is 0 Å². The number of allylic oxidation sites excluding steroid dienone is 1. The molecular formula is C20H32N2O2. The van der Waals surface area contributed by atoms with E-state index in [0.717, 1.165) is 37.5 Å². The molecule has 1 heterocycles. The maximum Gasteiger partial charge on any atom is 0.244 e. The van der Waals surface area contributed by atoms with Crippen LogP contribution in [0.3, 0.4) is 0 Å². The van der Waals surface area contributed by atoms with E-state index in [1.165, 1.54) is 44.1 Å². The number of carbonyl (C=O) groups is 1. The summed E-state index contributed by atoms with van der Waals surface area (Å²) >= 11 is 0. The van der Waals surface area contributed by atoms with Gasteiger partial charge in [-0.15, -0.1) is 0 Å². The second-order valence-electron chi connectivity index (χ2n) is 9.03. The van der Waals surface area contributed by atoms with Crippen LogP contribution in [-0.2, 0) is 9.53 Å². The molecule has 0 unspecified atom stereocenters. The zero-order valence-corrected chi connectivity index (χ0v) is 15.2. The Kier molecular flexibility index (Phi) is 4.46. The van der Waals surface area contributed by atoms with Crippen molar-refractivity contribution in [1.82, 2.24) is 10.2 Å². The van der Waals surface area contributed by atoms with Crippen molar-refractivity contribution in [3.05, 3.63) is 11.6 Å². The minimum atomic E-state index is 0.0695. The lowest BCUT2D eigenvalue weighted by molar-refractivity contribution is -0.117. The number of amides is 1. The van der Waals surface area contributed by atoms with Gasteiger partial charge >= 0.3 is 0 Å². The van der Waals surface area contributed by atoms with E-state index in [1.807, 2.05) is 6.08 Å². The number of morpholine rings is 1. The van der Waals surface area contributed by atoms with Gasteiger partial charge in [-0.3, -0.25) is 4.79 Å². The van der Waals surface area contributed by atoms with Crippen LogP contribution in [0.4, 0.5) is 0 Å². The van der Waals surface area contributed by atoms with E-state index in [-0.39, 0.29) is 12.0 Å². The molecule has 4 nitrogen and oxygen atoms in total. The fourth-order valence-electron chi connectivity index (χ4n) is 6.20. The van der Waals surface area contributed by atoms with Gasteiger partial charge in [0, 0.05) is 25.7 Å². The summed E-state index contributed by atoms with van der Waals surface area (Å²) in [5.74, 6) is 2.84. The zero-order chi connectivity index (χ0) is 16.7. The highest BCUT2D eigenvalue weighted by molar-refractivity contribution is 5.88. The summed E-state index contributed by atoms with van der Waals surface area (Å²) < 4.78 is 5.73. The molecule has 1 aliphatic heterocycles. The number of rotatable bonds is 4. The molecule has 5 aliphatic rings.